The fourth-order valence-electron chi connectivity index (χ4n) is 10.6. The molecule has 1 aliphatic carbocycles. The second-order valence-electron chi connectivity index (χ2n) is 19.7. The van der Waals surface area contributed by atoms with E-state index in [2.05, 4.69) is 34.8 Å². The van der Waals surface area contributed by atoms with Crippen LogP contribution in [0.3, 0.4) is 0 Å². The first-order chi connectivity index (χ1) is 32.6. The average molecular weight is 961 g/mol. The minimum Gasteiger partial charge on any atom is -0.368 e. The van der Waals surface area contributed by atoms with E-state index in [1.165, 1.54) is 43.9 Å². The molecule has 3 aliphatic heterocycles. The van der Waals surface area contributed by atoms with Crippen molar-refractivity contribution in [1.29, 1.82) is 0 Å². The Balaban J connectivity index is 0.000000504. The summed E-state index contributed by atoms with van der Waals surface area (Å²) in [6.45, 7) is 14.8. The van der Waals surface area contributed by atoms with E-state index in [-0.39, 0.29) is 51.8 Å². The lowest BCUT2D eigenvalue weighted by atomic mass is 9.65. The Bertz CT molecular complexity index is 2400. The van der Waals surface area contributed by atoms with Crippen LogP contribution in [0.15, 0.2) is 30.5 Å². The fraction of sp³-hybridized carbons (Fsp3) is 0.580. The molecule has 2 aromatic carbocycles. The summed E-state index contributed by atoms with van der Waals surface area (Å²) in [4.78, 5) is 63.4. The molecule has 1 unspecified atom stereocenters. The first-order valence-corrected chi connectivity index (χ1v) is 25.0. The number of aryl methyl sites for hydroxylation is 1. The van der Waals surface area contributed by atoms with E-state index in [4.69, 9.17) is 0 Å². The van der Waals surface area contributed by atoms with Crippen LogP contribution in [0.4, 0.5) is 24.8 Å². The Labute approximate surface area is 402 Å². The normalized spacial score (nSPS) is 18.9. The highest BCUT2D eigenvalue weighted by molar-refractivity contribution is 7.97. The van der Waals surface area contributed by atoms with Crippen LogP contribution in [-0.2, 0) is 9.59 Å². The van der Waals surface area contributed by atoms with Crippen LogP contribution in [0, 0.1) is 35.7 Å². The van der Waals surface area contributed by atoms with Crippen molar-refractivity contribution in [1.82, 2.24) is 38.9 Å². The number of carbonyl (C=O) groups excluding carboxylic acids is 4. The summed E-state index contributed by atoms with van der Waals surface area (Å²) in [5, 5.41) is 6.19. The number of piperidine rings is 2. The number of imidazole rings is 1. The van der Waals surface area contributed by atoms with Crippen LogP contribution in [-0.4, -0.2) is 136 Å². The Morgan fingerprint density at radius 2 is 1.57 bits per heavy atom. The van der Waals surface area contributed by atoms with Gasteiger partial charge in [-0.25, -0.2) is 28.1 Å². The summed E-state index contributed by atoms with van der Waals surface area (Å²) in [5.41, 5.74) is 2.32. The van der Waals surface area contributed by atoms with Crippen molar-refractivity contribution in [3.8, 4) is 11.3 Å². The molecule has 1 spiro atoms. The number of likely N-dealkylation sites (tertiary alicyclic amines) is 1. The number of amides is 2. The van der Waals surface area contributed by atoms with Crippen molar-refractivity contribution in [2.75, 3.05) is 70.1 Å². The highest BCUT2D eigenvalue weighted by Crippen LogP contribution is 2.48. The maximum Gasteiger partial charge on any atom is 0.243 e. The van der Waals surface area contributed by atoms with E-state index in [0.29, 0.717) is 58.7 Å². The number of likely N-dealkylation sites (N-methyl/N-ethyl adjacent to an activating group) is 1. The Kier molecular flexibility index (Phi) is 17.0. The number of carbonyl (C=O) groups is 4. The van der Waals surface area contributed by atoms with E-state index >= 15 is 8.78 Å². The fourth-order valence-corrected chi connectivity index (χ4v) is 11.8. The number of imide groups is 1. The zero-order valence-corrected chi connectivity index (χ0v) is 41.1. The molecule has 4 aliphatic rings. The number of halogens is 3. The van der Waals surface area contributed by atoms with E-state index in [1.807, 2.05) is 68.1 Å². The van der Waals surface area contributed by atoms with Crippen molar-refractivity contribution < 1.29 is 32.3 Å². The number of fused-ring (bicyclic) bond motifs is 1. The SMILES string of the molecule is CCCC(C(=O)NC=O)N(C)C.Cc1nc2c(F)cc(-c3nc(NC4CCN(SC5CCN(CC6CCC7(CC6)CN(c6cc(C=O)c(C=O)cc6F)C7)CC5)CC4)ncc3F)cc2n1C(C)C. The minimum absolute atomic E-state index is 0.0705. The number of anilines is 2. The molecule has 2 N–H and O–H groups in total. The topological polar surface area (TPSA) is 149 Å². The average Bonchev–Trinajstić information content (AvgIpc) is 3.66. The molecule has 18 heteroatoms. The quantitative estimate of drug-likeness (QED) is 0.0824. The van der Waals surface area contributed by atoms with Crippen LogP contribution < -0.4 is 15.5 Å². The molecule has 368 valence electrons. The van der Waals surface area contributed by atoms with E-state index < -0.39 is 17.5 Å². The molecular formula is C50H67F3N10O4S. The van der Waals surface area contributed by atoms with Gasteiger partial charge in [0.1, 0.15) is 22.9 Å². The van der Waals surface area contributed by atoms with Gasteiger partial charge in [-0.05, 0) is 136 Å². The Hall–Kier alpha value is -4.91. The first-order valence-electron chi connectivity index (χ1n) is 24.2. The smallest absolute Gasteiger partial charge is 0.243 e. The molecule has 68 heavy (non-hydrogen) atoms. The third-order valence-corrected chi connectivity index (χ3v) is 15.7. The number of hydrogen-bond acceptors (Lipinski definition) is 13. The van der Waals surface area contributed by atoms with Crippen molar-refractivity contribution in [2.24, 2.45) is 11.3 Å². The van der Waals surface area contributed by atoms with Gasteiger partial charge in [-0.2, -0.15) is 0 Å². The molecule has 8 rings (SSSR count). The zero-order valence-electron chi connectivity index (χ0n) is 40.3. The second kappa shape index (κ2) is 22.7. The summed E-state index contributed by atoms with van der Waals surface area (Å²) in [5.74, 6) is -0.00337. The van der Waals surface area contributed by atoms with Crippen LogP contribution in [0.5, 0.6) is 0 Å². The second-order valence-corrected chi connectivity index (χ2v) is 21.0. The third kappa shape index (κ3) is 11.9. The molecule has 14 nitrogen and oxygen atoms in total. The summed E-state index contributed by atoms with van der Waals surface area (Å²) in [6, 6.07) is 5.81. The summed E-state index contributed by atoms with van der Waals surface area (Å²) < 4.78 is 49.4. The number of hydrogen-bond donors (Lipinski definition) is 2. The van der Waals surface area contributed by atoms with Crippen LogP contribution >= 0.6 is 11.9 Å². The van der Waals surface area contributed by atoms with Gasteiger partial charge in [0.15, 0.2) is 24.2 Å². The molecule has 5 heterocycles. The van der Waals surface area contributed by atoms with E-state index in [0.717, 1.165) is 90.5 Å². The lowest BCUT2D eigenvalue weighted by molar-refractivity contribution is -0.129. The summed E-state index contributed by atoms with van der Waals surface area (Å²) >= 11 is 2.01. The molecule has 0 bridgehead atoms. The highest BCUT2D eigenvalue weighted by Gasteiger charge is 2.46. The molecule has 4 aromatic rings. The molecule has 1 atom stereocenters. The number of nitrogens with one attached hydrogen (secondary N) is 2. The Morgan fingerprint density at radius 3 is 2.19 bits per heavy atom. The molecule has 3 saturated heterocycles. The molecule has 4 fully saturated rings. The van der Waals surface area contributed by atoms with Crippen LogP contribution in [0.25, 0.3) is 22.3 Å². The van der Waals surface area contributed by atoms with Gasteiger partial charge in [0.25, 0.3) is 0 Å². The van der Waals surface area contributed by atoms with Gasteiger partial charge in [0.05, 0.1) is 23.4 Å². The monoisotopic (exact) mass is 961 g/mol. The number of aromatic nitrogens is 4. The van der Waals surface area contributed by atoms with Crippen molar-refractivity contribution in [2.45, 2.75) is 115 Å². The maximum absolute atomic E-state index is 15.2. The largest absolute Gasteiger partial charge is 0.368 e. The predicted molar refractivity (Wildman–Crippen MR) is 261 cm³/mol. The third-order valence-electron chi connectivity index (χ3n) is 14.3. The highest BCUT2D eigenvalue weighted by atomic mass is 32.2. The van der Waals surface area contributed by atoms with E-state index in [1.54, 1.807) is 6.07 Å². The number of benzene rings is 2. The molecule has 1 saturated carbocycles. The van der Waals surface area contributed by atoms with Crippen molar-refractivity contribution in [3.63, 3.8) is 0 Å². The van der Waals surface area contributed by atoms with Gasteiger partial charge in [-0.15, -0.1) is 0 Å². The van der Waals surface area contributed by atoms with Gasteiger partial charge in [0, 0.05) is 72.2 Å². The predicted octanol–water partition coefficient (Wildman–Crippen LogP) is 8.10. The van der Waals surface area contributed by atoms with E-state index in [9.17, 15) is 23.6 Å². The standard InChI is InChI=1S/C42H51F3N8O2S.C8H16N2O2/c1-26(2)53-27(3)47-40-35(44)16-29(18-38(40)53)39-36(45)20-46-41(49-39)48-32-6-14-52(15-7-32)56-33-8-12-50(13-9-33)21-28-4-10-42(11-5-28)24-51(25-42)37-19-31(23-55)30(22-54)17-34(37)43;1-4-5-7(10(2)3)8(12)9-6-11/h16-20,22-23,26,28,32-33H,4-15,21,24-25H2,1-3H3,(H,46,48,49);6-7H,4-5H2,1-3H3,(H,9,11,12). The molecule has 2 aromatic heterocycles. The van der Waals surface area contributed by atoms with Crippen LogP contribution in [0.2, 0.25) is 0 Å². The summed E-state index contributed by atoms with van der Waals surface area (Å²) in [7, 11) is 3.65. The number of nitrogens with zero attached hydrogens (tertiary/aromatic N) is 8. The molecule has 0 radical (unpaired) electrons. The number of rotatable bonds is 16. The van der Waals surface area contributed by atoms with Crippen molar-refractivity contribution in [3.05, 3.63) is 64.9 Å². The van der Waals surface area contributed by atoms with Crippen LogP contribution in [0.1, 0.15) is 118 Å². The van der Waals surface area contributed by atoms with Gasteiger partial charge in [0.2, 0.25) is 18.3 Å². The summed E-state index contributed by atoms with van der Waals surface area (Å²) in [6.07, 6.45) is 13.3. The lowest BCUT2D eigenvalue weighted by Crippen LogP contribution is -2.58. The van der Waals surface area contributed by atoms with Crippen molar-refractivity contribution >= 4 is 59.5 Å². The van der Waals surface area contributed by atoms with Gasteiger partial charge < -0.3 is 19.7 Å². The minimum atomic E-state index is -0.595. The lowest BCUT2D eigenvalue weighted by Gasteiger charge is -2.55. The number of aldehydes is 2. The maximum atomic E-state index is 15.2. The first kappa shape index (κ1) is 51.0. The molecular weight excluding hydrogens is 894 g/mol. The van der Waals surface area contributed by atoms with Gasteiger partial charge in [-0.1, -0.05) is 25.3 Å². The Morgan fingerprint density at radius 1 is 0.897 bits per heavy atom. The van der Waals surface area contributed by atoms with Gasteiger partial charge >= 0.3 is 0 Å². The molecule has 2 amide bonds. The van der Waals surface area contributed by atoms with Gasteiger partial charge in [-0.3, -0.25) is 33.7 Å². The zero-order chi connectivity index (χ0) is 48.7.